The van der Waals surface area contributed by atoms with E-state index in [0.29, 0.717) is 5.65 Å². The van der Waals surface area contributed by atoms with Gasteiger partial charge in [-0.1, -0.05) is 27.7 Å². The second-order valence-electron chi connectivity index (χ2n) is 3.54. The number of halogens is 1. The number of benzene rings is 1. The van der Waals surface area contributed by atoms with Crippen LogP contribution in [0.3, 0.4) is 0 Å². The smallest absolute Gasteiger partial charge is 0.223 e. The van der Waals surface area contributed by atoms with E-state index in [1.165, 1.54) is 11.8 Å². The molecule has 90 valence electrons. The Labute approximate surface area is 115 Å². The number of H-pyrrole nitrogens is 1. The molecule has 1 aromatic carbocycles. The van der Waals surface area contributed by atoms with Gasteiger partial charge in [0.25, 0.3) is 0 Å². The van der Waals surface area contributed by atoms with Crippen LogP contribution in [0.2, 0.25) is 0 Å². The van der Waals surface area contributed by atoms with E-state index < -0.39 is 0 Å². The topological polar surface area (TPSA) is 80.5 Å². The van der Waals surface area contributed by atoms with Gasteiger partial charge in [-0.05, 0) is 24.3 Å². The summed E-state index contributed by atoms with van der Waals surface area (Å²) in [6.07, 6.45) is 1.59. The van der Waals surface area contributed by atoms with Crippen LogP contribution in [0.4, 0.5) is 5.95 Å². The minimum atomic E-state index is 0.231. The maximum Gasteiger partial charge on any atom is 0.223 e. The van der Waals surface area contributed by atoms with Crippen molar-refractivity contribution in [3.63, 3.8) is 0 Å². The van der Waals surface area contributed by atoms with Crippen molar-refractivity contribution in [3.05, 3.63) is 35.1 Å². The van der Waals surface area contributed by atoms with E-state index in [-0.39, 0.29) is 5.95 Å². The fourth-order valence-corrected chi connectivity index (χ4v) is 2.66. The summed E-state index contributed by atoms with van der Waals surface area (Å²) in [5, 5.41) is 0.775. The second kappa shape index (κ2) is 4.58. The van der Waals surface area contributed by atoms with Crippen LogP contribution in [-0.4, -0.2) is 19.9 Å². The van der Waals surface area contributed by atoms with Gasteiger partial charge in [0.15, 0.2) is 5.65 Å². The summed E-state index contributed by atoms with van der Waals surface area (Å²) in [6, 6.07) is 7.98. The largest absolute Gasteiger partial charge is 0.368 e. The van der Waals surface area contributed by atoms with Gasteiger partial charge < -0.3 is 10.7 Å². The summed E-state index contributed by atoms with van der Waals surface area (Å²) in [7, 11) is 0. The van der Waals surface area contributed by atoms with Gasteiger partial charge in [0, 0.05) is 9.37 Å². The van der Waals surface area contributed by atoms with Gasteiger partial charge in [0.2, 0.25) is 5.95 Å². The standard InChI is InChI=1S/C11H8BrN5S/c12-6-1-3-7(4-2-6)18-10-8-9(15-5-14-8)16-11(13)17-10/h1-5H,(H3,13,14,15,16,17). The van der Waals surface area contributed by atoms with Crippen LogP contribution in [0.15, 0.2) is 45.0 Å². The number of aromatic amines is 1. The Morgan fingerprint density at radius 1 is 1.17 bits per heavy atom. The van der Waals surface area contributed by atoms with E-state index in [9.17, 15) is 0 Å². The first kappa shape index (κ1) is 11.5. The van der Waals surface area contributed by atoms with Crippen LogP contribution in [0.1, 0.15) is 0 Å². The summed E-state index contributed by atoms with van der Waals surface area (Å²) in [4.78, 5) is 16.5. The summed E-state index contributed by atoms with van der Waals surface area (Å²) >= 11 is 4.93. The minimum Gasteiger partial charge on any atom is -0.368 e. The maximum absolute atomic E-state index is 5.66. The Hall–Kier alpha value is -1.60. The molecule has 3 aromatic rings. The first-order chi connectivity index (χ1) is 8.72. The van der Waals surface area contributed by atoms with E-state index in [1.54, 1.807) is 6.33 Å². The van der Waals surface area contributed by atoms with Crippen molar-refractivity contribution in [2.45, 2.75) is 9.92 Å². The fraction of sp³-hybridized carbons (Fsp3) is 0. The van der Waals surface area contributed by atoms with Gasteiger partial charge in [0.1, 0.15) is 10.5 Å². The number of anilines is 1. The third kappa shape index (κ3) is 2.19. The maximum atomic E-state index is 5.66. The van der Waals surface area contributed by atoms with Crippen LogP contribution < -0.4 is 5.73 Å². The van der Waals surface area contributed by atoms with Crippen molar-refractivity contribution in [2.24, 2.45) is 0 Å². The van der Waals surface area contributed by atoms with Crippen molar-refractivity contribution >= 4 is 44.8 Å². The Kier molecular flexibility index (Phi) is 2.92. The molecule has 0 fully saturated rings. The number of hydrogen-bond donors (Lipinski definition) is 2. The molecule has 0 unspecified atom stereocenters. The molecule has 3 N–H and O–H groups in total. The van der Waals surface area contributed by atoms with Gasteiger partial charge in [-0.15, -0.1) is 0 Å². The zero-order valence-corrected chi connectivity index (χ0v) is 11.5. The van der Waals surface area contributed by atoms with E-state index in [2.05, 4.69) is 35.9 Å². The average molecular weight is 322 g/mol. The lowest BCUT2D eigenvalue weighted by molar-refractivity contribution is 1.10. The van der Waals surface area contributed by atoms with Crippen molar-refractivity contribution in [2.75, 3.05) is 5.73 Å². The van der Waals surface area contributed by atoms with E-state index in [1.807, 2.05) is 24.3 Å². The highest BCUT2D eigenvalue weighted by Gasteiger charge is 2.09. The van der Waals surface area contributed by atoms with Crippen molar-refractivity contribution in [3.8, 4) is 0 Å². The first-order valence-corrected chi connectivity index (χ1v) is 6.73. The second-order valence-corrected chi connectivity index (χ2v) is 5.52. The summed E-state index contributed by atoms with van der Waals surface area (Å²) in [5.41, 5.74) is 7.05. The molecule has 0 atom stereocenters. The number of imidazole rings is 1. The zero-order valence-electron chi connectivity index (χ0n) is 9.09. The van der Waals surface area contributed by atoms with Crippen LogP contribution in [0, 0.1) is 0 Å². The molecule has 3 rings (SSSR count). The Bertz CT molecular complexity index is 694. The van der Waals surface area contributed by atoms with Crippen LogP contribution in [-0.2, 0) is 0 Å². The van der Waals surface area contributed by atoms with E-state index in [0.717, 1.165) is 19.9 Å². The van der Waals surface area contributed by atoms with Gasteiger partial charge >= 0.3 is 0 Å². The number of nitrogen functional groups attached to an aromatic ring is 1. The Morgan fingerprint density at radius 2 is 1.94 bits per heavy atom. The Balaban J connectivity index is 2.03. The molecule has 5 nitrogen and oxygen atoms in total. The summed E-state index contributed by atoms with van der Waals surface area (Å²) in [5.74, 6) is 0.231. The predicted molar refractivity (Wildman–Crippen MR) is 74.4 cm³/mol. The molecule has 0 spiro atoms. The molecule has 0 radical (unpaired) electrons. The number of rotatable bonds is 2. The van der Waals surface area contributed by atoms with Gasteiger partial charge in [-0.25, -0.2) is 9.97 Å². The summed E-state index contributed by atoms with van der Waals surface area (Å²) < 4.78 is 1.04. The van der Waals surface area contributed by atoms with Crippen LogP contribution >= 0.6 is 27.7 Å². The van der Waals surface area contributed by atoms with Gasteiger partial charge in [-0.2, -0.15) is 4.98 Å². The highest BCUT2D eigenvalue weighted by atomic mass is 79.9. The first-order valence-electron chi connectivity index (χ1n) is 5.12. The minimum absolute atomic E-state index is 0.231. The molecular formula is C11H8BrN5S. The number of nitrogens with two attached hydrogens (primary N) is 1. The molecule has 0 saturated carbocycles. The highest BCUT2D eigenvalue weighted by molar-refractivity contribution is 9.10. The molecule has 0 aliphatic heterocycles. The molecule has 7 heteroatoms. The van der Waals surface area contributed by atoms with Crippen molar-refractivity contribution in [1.29, 1.82) is 0 Å². The molecule has 0 bridgehead atoms. The van der Waals surface area contributed by atoms with Crippen molar-refractivity contribution < 1.29 is 0 Å². The van der Waals surface area contributed by atoms with E-state index >= 15 is 0 Å². The molecule has 18 heavy (non-hydrogen) atoms. The number of nitrogens with zero attached hydrogens (tertiary/aromatic N) is 3. The normalized spacial score (nSPS) is 10.9. The predicted octanol–water partition coefficient (Wildman–Crippen LogP) is 2.85. The number of aromatic nitrogens is 4. The molecule has 2 heterocycles. The lowest BCUT2D eigenvalue weighted by Crippen LogP contribution is -1.96. The third-order valence-corrected chi connectivity index (χ3v) is 3.82. The number of hydrogen-bond acceptors (Lipinski definition) is 5. The molecule has 0 aliphatic carbocycles. The Morgan fingerprint density at radius 3 is 2.72 bits per heavy atom. The van der Waals surface area contributed by atoms with Gasteiger partial charge in [-0.3, -0.25) is 0 Å². The monoisotopic (exact) mass is 321 g/mol. The summed E-state index contributed by atoms with van der Waals surface area (Å²) in [6.45, 7) is 0. The molecular weight excluding hydrogens is 314 g/mol. The zero-order chi connectivity index (χ0) is 12.5. The molecule has 0 aliphatic rings. The average Bonchev–Trinajstić information content (AvgIpc) is 2.80. The van der Waals surface area contributed by atoms with Crippen LogP contribution in [0.25, 0.3) is 11.2 Å². The molecule has 0 amide bonds. The van der Waals surface area contributed by atoms with Crippen LogP contribution in [0.5, 0.6) is 0 Å². The third-order valence-electron chi connectivity index (χ3n) is 2.30. The highest BCUT2D eigenvalue weighted by Crippen LogP contribution is 2.31. The fourth-order valence-electron chi connectivity index (χ4n) is 1.51. The number of nitrogens with one attached hydrogen (secondary N) is 1. The lowest BCUT2D eigenvalue weighted by atomic mass is 10.4. The lowest BCUT2D eigenvalue weighted by Gasteiger charge is -2.03. The van der Waals surface area contributed by atoms with Gasteiger partial charge in [0.05, 0.1) is 6.33 Å². The van der Waals surface area contributed by atoms with Crippen molar-refractivity contribution in [1.82, 2.24) is 19.9 Å². The molecule has 2 aromatic heterocycles. The quantitative estimate of drug-likeness (QED) is 0.709. The van der Waals surface area contributed by atoms with E-state index in [4.69, 9.17) is 5.73 Å². The number of fused-ring (bicyclic) bond motifs is 1. The molecule has 0 saturated heterocycles. The SMILES string of the molecule is Nc1nc(Sc2ccc(Br)cc2)c2[nH]cnc2n1.